The summed E-state index contributed by atoms with van der Waals surface area (Å²) in [6.45, 7) is 9.37. The molecule has 2 fully saturated rings. The Labute approximate surface area is 204 Å². The summed E-state index contributed by atoms with van der Waals surface area (Å²) in [6.07, 6.45) is 0. The molecule has 2 aliphatic heterocycles. The van der Waals surface area contributed by atoms with Gasteiger partial charge in [-0.1, -0.05) is 6.07 Å². The van der Waals surface area contributed by atoms with Crippen LogP contribution in [0.1, 0.15) is 16.8 Å². The number of nitrogens with zero attached hydrogens (tertiary/aromatic N) is 5. The number of rotatable bonds is 6. The molecule has 0 radical (unpaired) electrons. The highest BCUT2D eigenvalue weighted by Gasteiger charge is 2.26. The van der Waals surface area contributed by atoms with Crippen molar-refractivity contribution in [1.82, 2.24) is 19.3 Å². The maximum Gasteiger partial charge on any atom is 0.239 e. The SMILES string of the molecule is Cc1c(C#N)c(NC(=O)CN2CCN(C(=O)CN3CCOCC3)CC2)n(-c2cccc(F)c2)c1C. The lowest BCUT2D eigenvalue weighted by molar-refractivity contribution is -0.135. The Morgan fingerprint density at radius 3 is 2.40 bits per heavy atom. The van der Waals surface area contributed by atoms with Crippen LogP contribution in [-0.4, -0.2) is 96.7 Å². The van der Waals surface area contributed by atoms with Gasteiger partial charge < -0.3 is 15.0 Å². The van der Waals surface area contributed by atoms with Gasteiger partial charge in [0.15, 0.2) is 0 Å². The van der Waals surface area contributed by atoms with Crippen LogP contribution in [-0.2, 0) is 14.3 Å². The van der Waals surface area contributed by atoms with Crippen molar-refractivity contribution in [3.63, 3.8) is 0 Å². The summed E-state index contributed by atoms with van der Waals surface area (Å²) >= 11 is 0. The van der Waals surface area contributed by atoms with Gasteiger partial charge in [0, 0.05) is 45.0 Å². The minimum Gasteiger partial charge on any atom is -0.379 e. The van der Waals surface area contributed by atoms with E-state index in [1.165, 1.54) is 12.1 Å². The molecule has 186 valence electrons. The van der Waals surface area contributed by atoms with Gasteiger partial charge in [-0.2, -0.15) is 5.26 Å². The summed E-state index contributed by atoms with van der Waals surface area (Å²) in [5, 5.41) is 12.6. The van der Waals surface area contributed by atoms with Gasteiger partial charge >= 0.3 is 0 Å². The summed E-state index contributed by atoms with van der Waals surface area (Å²) in [7, 11) is 0. The Bertz CT molecular complexity index is 1130. The van der Waals surface area contributed by atoms with Crippen LogP contribution >= 0.6 is 0 Å². The molecule has 0 saturated carbocycles. The standard InChI is InChI=1S/C25H31FN6O3/c1-18-19(2)32(21-5-3-4-20(26)14-21)25(22(18)15-27)28-23(33)16-29-6-8-31(9-7-29)24(34)17-30-10-12-35-13-11-30/h3-5,14H,6-13,16-17H2,1-2H3,(H,28,33). The molecule has 1 aromatic carbocycles. The number of ether oxygens (including phenoxy) is 1. The van der Waals surface area contributed by atoms with Gasteiger partial charge in [0.25, 0.3) is 0 Å². The van der Waals surface area contributed by atoms with Crippen molar-refractivity contribution in [2.75, 3.05) is 70.9 Å². The second kappa shape index (κ2) is 11.0. The molecule has 2 aromatic rings. The molecule has 0 atom stereocenters. The summed E-state index contributed by atoms with van der Waals surface area (Å²) < 4.78 is 20.9. The normalized spacial score (nSPS) is 17.3. The van der Waals surface area contributed by atoms with Crippen LogP contribution in [0.3, 0.4) is 0 Å². The number of piperazine rings is 1. The van der Waals surface area contributed by atoms with Gasteiger partial charge in [0.05, 0.1) is 37.6 Å². The quantitative estimate of drug-likeness (QED) is 0.671. The number of halogens is 1. The molecule has 2 amide bonds. The first-order valence-electron chi connectivity index (χ1n) is 11.9. The van der Waals surface area contributed by atoms with Crippen molar-refractivity contribution in [2.45, 2.75) is 13.8 Å². The number of amides is 2. The number of carbonyl (C=O) groups is 2. The first-order valence-corrected chi connectivity index (χ1v) is 11.9. The van der Waals surface area contributed by atoms with Gasteiger partial charge in [-0.15, -0.1) is 0 Å². The van der Waals surface area contributed by atoms with Crippen LogP contribution in [0.15, 0.2) is 24.3 Å². The fourth-order valence-corrected chi connectivity index (χ4v) is 4.58. The van der Waals surface area contributed by atoms with E-state index in [0.29, 0.717) is 63.0 Å². The van der Waals surface area contributed by atoms with Crippen molar-refractivity contribution in [3.8, 4) is 11.8 Å². The first-order chi connectivity index (χ1) is 16.9. The van der Waals surface area contributed by atoms with E-state index in [-0.39, 0.29) is 18.4 Å². The predicted octanol–water partition coefficient (Wildman–Crippen LogP) is 1.52. The molecule has 0 bridgehead atoms. The zero-order valence-electron chi connectivity index (χ0n) is 20.2. The van der Waals surface area contributed by atoms with E-state index in [0.717, 1.165) is 24.3 Å². The van der Waals surface area contributed by atoms with E-state index < -0.39 is 5.82 Å². The number of carbonyl (C=O) groups excluding carboxylic acids is 2. The van der Waals surface area contributed by atoms with E-state index in [1.807, 2.05) is 23.6 Å². The average Bonchev–Trinajstić information content (AvgIpc) is 3.08. The summed E-state index contributed by atoms with van der Waals surface area (Å²) in [5.74, 6) is -0.208. The second-order valence-electron chi connectivity index (χ2n) is 8.95. The van der Waals surface area contributed by atoms with Gasteiger partial charge in [0.1, 0.15) is 17.7 Å². The number of nitriles is 1. The zero-order valence-corrected chi connectivity index (χ0v) is 20.2. The third-order valence-electron chi connectivity index (χ3n) is 6.70. The molecule has 10 heteroatoms. The van der Waals surface area contributed by atoms with Crippen LogP contribution in [0.25, 0.3) is 5.69 Å². The van der Waals surface area contributed by atoms with Crippen molar-refractivity contribution >= 4 is 17.6 Å². The van der Waals surface area contributed by atoms with Crippen molar-refractivity contribution in [3.05, 3.63) is 46.9 Å². The van der Waals surface area contributed by atoms with Gasteiger partial charge in [-0.3, -0.25) is 24.0 Å². The number of nitrogens with one attached hydrogen (secondary N) is 1. The molecule has 4 rings (SSSR count). The maximum absolute atomic E-state index is 13.9. The van der Waals surface area contributed by atoms with E-state index in [2.05, 4.69) is 16.3 Å². The highest BCUT2D eigenvalue weighted by molar-refractivity contribution is 5.93. The number of aromatic nitrogens is 1. The maximum atomic E-state index is 13.9. The van der Waals surface area contributed by atoms with Crippen LogP contribution in [0.2, 0.25) is 0 Å². The number of hydrogen-bond donors (Lipinski definition) is 1. The second-order valence-corrected chi connectivity index (χ2v) is 8.95. The number of anilines is 1. The number of morpholine rings is 1. The van der Waals surface area contributed by atoms with Crippen LogP contribution in [0.5, 0.6) is 0 Å². The summed E-state index contributed by atoms with van der Waals surface area (Å²) in [4.78, 5) is 31.5. The van der Waals surface area contributed by atoms with E-state index in [4.69, 9.17) is 4.74 Å². The lowest BCUT2D eigenvalue weighted by Crippen LogP contribution is -2.53. The molecule has 3 heterocycles. The van der Waals surface area contributed by atoms with E-state index >= 15 is 0 Å². The zero-order chi connectivity index (χ0) is 24.9. The highest BCUT2D eigenvalue weighted by atomic mass is 19.1. The van der Waals surface area contributed by atoms with Gasteiger partial charge in [-0.25, -0.2) is 4.39 Å². The minimum atomic E-state index is -0.398. The van der Waals surface area contributed by atoms with Crippen molar-refractivity contribution < 1.29 is 18.7 Å². The Hall–Kier alpha value is -3.26. The molecule has 1 aromatic heterocycles. The van der Waals surface area contributed by atoms with Crippen LogP contribution in [0, 0.1) is 31.0 Å². The smallest absolute Gasteiger partial charge is 0.239 e. The summed E-state index contributed by atoms with van der Waals surface area (Å²) in [6, 6.07) is 8.22. The largest absolute Gasteiger partial charge is 0.379 e. The Morgan fingerprint density at radius 1 is 1.06 bits per heavy atom. The molecule has 0 aliphatic carbocycles. The molecule has 2 saturated heterocycles. The lowest BCUT2D eigenvalue weighted by Gasteiger charge is -2.36. The average molecular weight is 483 g/mol. The van der Waals surface area contributed by atoms with Crippen LogP contribution in [0.4, 0.5) is 10.2 Å². The monoisotopic (exact) mass is 482 g/mol. The van der Waals surface area contributed by atoms with E-state index in [9.17, 15) is 19.2 Å². The van der Waals surface area contributed by atoms with Gasteiger partial charge in [-0.05, 0) is 37.6 Å². The van der Waals surface area contributed by atoms with Crippen molar-refractivity contribution in [2.24, 2.45) is 0 Å². The molecule has 35 heavy (non-hydrogen) atoms. The number of benzene rings is 1. The Morgan fingerprint density at radius 2 is 1.74 bits per heavy atom. The van der Waals surface area contributed by atoms with E-state index in [1.54, 1.807) is 16.7 Å². The Kier molecular flexibility index (Phi) is 7.80. The fraction of sp³-hybridized carbons (Fsp3) is 0.480. The third-order valence-corrected chi connectivity index (χ3v) is 6.70. The predicted molar refractivity (Wildman–Crippen MR) is 129 cm³/mol. The molecular formula is C25H31FN6O3. The minimum absolute atomic E-state index is 0.105. The van der Waals surface area contributed by atoms with Crippen LogP contribution < -0.4 is 5.32 Å². The highest BCUT2D eigenvalue weighted by Crippen LogP contribution is 2.30. The molecule has 1 N–H and O–H groups in total. The summed E-state index contributed by atoms with van der Waals surface area (Å²) in [5.41, 5.74) is 2.39. The molecule has 0 unspecified atom stereocenters. The molecule has 2 aliphatic rings. The lowest BCUT2D eigenvalue weighted by atomic mass is 10.2. The first kappa shape index (κ1) is 24.9. The fourth-order valence-electron chi connectivity index (χ4n) is 4.58. The molecule has 9 nitrogen and oxygen atoms in total. The van der Waals surface area contributed by atoms with Crippen molar-refractivity contribution in [1.29, 1.82) is 5.26 Å². The topological polar surface area (TPSA) is 93.8 Å². The molecular weight excluding hydrogens is 451 g/mol. The third kappa shape index (κ3) is 5.70. The molecule has 0 spiro atoms. The Balaban J connectivity index is 1.37. The number of hydrogen-bond acceptors (Lipinski definition) is 6. The van der Waals surface area contributed by atoms with Gasteiger partial charge in [0.2, 0.25) is 11.8 Å².